The third kappa shape index (κ3) is 22.6. The van der Waals surface area contributed by atoms with Gasteiger partial charge >= 0.3 is 0 Å². The highest BCUT2D eigenvalue weighted by Gasteiger charge is 2.36. The van der Waals surface area contributed by atoms with Gasteiger partial charge in [-0.25, -0.2) is 17.6 Å². The minimum Gasteiger partial charge on any atom is -0.870 e. The van der Waals surface area contributed by atoms with E-state index >= 15 is 0 Å². The number of nitrogens with one attached hydrogen (secondary N) is 2. The van der Waals surface area contributed by atoms with Crippen LogP contribution in [0.15, 0.2) is 96.0 Å². The summed E-state index contributed by atoms with van der Waals surface area (Å²) in [4.78, 5) is 47.8. The highest BCUT2D eigenvalue weighted by atomic mass is 35.5. The summed E-state index contributed by atoms with van der Waals surface area (Å²) in [5.74, 6) is -5.43. The maximum absolute atomic E-state index is 13.2. The smallest absolute Gasteiger partial charge is 0.241 e. The molecule has 0 aliphatic rings. The first-order valence-electron chi connectivity index (χ1n) is 21.5. The van der Waals surface area contributed by atoms with E-state index in [0.29, 0.717) is 43.1 Å². The van der Waals surface area contributed by atoms with Crippen molar-refractivity contribution in [3.05, 3.63) is 152 Å². The average Bonchev–Trinajstić information content (AvgIpc) is 3.86. The summed E-state index contributed by atoms with van der Waals surface area (Å²) in [5.41, 5.74) is -1.31. The summed E-state index contributed by atoms with van der Waals surface area (Å²) >= 11 is 14.7. The molecule has 2 heterocycles. The van der Waals surface area contributed by atoms with Crippen LogP contribution in [0.25, 0.3) is 32.3 Å². The fourth-order valence-corrected chi connectivity index (χ4v) is 11.1. The molecule has 0 radical (unpaired) electrons. The third-order valence-electron chi connectivity index (χ3n) is 9.60. The number of benzene rings is 4. The van der Waals surface area contributed by atoms with Crippen molar-refractivity contribution in [1.29, 1.82) is 0 Å². The van der Waals surface area contributed by atoms with Crippen LogP contribution in [0.5, 0.6) is 0 Å². The summed E-state index contributed by atoms with van der Waals surface area (Å²) in [6.45, 7) is 4.35. The van der Waals surface area contributed by atoms with Gasteiger partial charge in [-0.2, -0.15) is 0 Å². The van der Waals surface area contributed by atoms with Crippen molar-refractivity contribution in [2.24, 2.45) is 0 Å². The zero-order chi connectivity index (χ0) is 54.8. The van der Waals surface area contributed by atoms with Gasteiger partial charge in [0.1, 0.15) is 24.4 Å². The molecule has 2 amide bonds. The van der Waals surface area contributed by atoms with Gasteiger partial charge in [-0.1, -0.05) is 35.3 Å². The van der Waals surface area contributed by atoms with Crippen LogP contribution in [0.4, 0.5) is 17.6 Å². The number of hydrogen-bond acceptors (Lipinski definition) is 11. The lowest BCUT2D eigenvalue weighted by molar-refractivity contribution is -0.870. The number of carbonyl (C=O) groups excluding carboxylic acids is 2. The van der Waals surface area contributed by atoms with Crippen LogP contribution in [-0.4, -0.2) is 135 Å². The predicted octanol–water partition coefficient (Wildman–Crippen LogP) is 9.29. The Kier molecular flexibility index (Phi) is 27.6. The summed E-state index contributed by atoms with van der Waals surface area (Å²) in [6, 6.07) is 16.7. The molecule has 2 aromatic heterocycles. The van der Waals surface area contributed by atoms with Gasteiger partial charge in [-0.3, -0.25) is 14.2 Å². The predicted molar refractivity (Wildman–Crippen MR) is 286 cm³/mol. The lowest BCUT2D eigenvalue weighted by Crippen LogP contribution is -2.36. The SMILES string of the molecule is CO.CP(=O)(O)C(C(=O)N/C=C/c1ccc(F)c(F)c1)c1csc2ccc(Cl)cc12.CP(=O)([O-])C(C(=O)N/C=C/c1ccc(F)c(F)c1)c1csc2ccc(Cl)cc12.C[N+](C)(C)CCO.C[N+](C)(C)CCO.[OH-]. The Labute approximate surface area is 440 Å². The number of nitrogens with zero attached hydrogens (tertiary/aromatic N) is 2. The molecule has 4 aromatic carbocycles. The van der Waals surface area contributed by atoms with E-state index in [0.717, 1.165) is 76.2 Å². The van der Waals surface area contributed by atoms with Crippen molar-refractivity contribution in [1.82, 2.24) is 10.6 Å². The molecular weight excluding hydrogens is 1080 g/mol. The van der Waals surface area contributed by atoms with Gasteiger partial charge < -0.3 is 54.7 Å². The molecule has 4 unspecified atom stereocenters. The Balaban J connectivity index is 0.000000558. The molecule has 0 fully saturated rings. The molecule has 14 nitrogen and oxygen atoms in total. The van der Waals surface area contributed by atoms with Gasteiger partial charge in [0.15, 0.2) is 23.3 Å². The minimum atomic E-state index is -4.11. The molecule has 0 saturated carbocycles. The molecule has 24 heteroatoms. The van der Waals surface area contributed by atoms with Crippen LogP contribution in [0.3, 0.4) is 0 Å². The molecule has 402 valence electrons. The number of carbonyl (C=O) groups is 2. The summed E-state index contributed by atoms with van der Waals surface area (Å²) in [6.07, 6.45) is 5.11. The van der Waals surface area contributed by atoms with E-state index in [4.69, 9.17) is 38.5 Å². The van der Waals surface area contributed by atoms with Gasteiger partial charge in [0.05, 0.1) is 55.5 Å². The molecule has 0 saturated heterocycles. The largest absolute Gasteiger partial charge is 0.870 e. The Hall–Kier alpha value is -4.34. The maximum atomic E-state index is 13.2. The lowest BCUT2D eigenvalue weighted by Gasteiger charge is -2.27. The fourth-order valence-electron chi connectivity index (χ4n) is 6.12. The molecular formula is C49H62Cl2F4N4O10P2S2. The van der Waals surface area contributed by atoms with Crippen LogP contribution < -0.4 is 15.5 Å². The number of amides is 2. The average molecular weight is 1140 g/mol. The molecule has 6 aromatic rings. The first kappa shape index (κ1) is 66.7. The maximum Gasteiger partial charge on any atom is 0.241 e. The van der Waals surface area contributed by atoms with Gasteiger partial charge in [0, 0.05) is 53.0 Å². The van der Waals surface area contributed by atoms with E-state index < -0.39 is 61.1 Å². The number of fused-ring (bicyclic) bond motifs is 2. The summed E-state index contributed by atoms with van der Waals surface area (Å²) < 4.78 is 80.5. The van der Waals surface area contributed by atoms with Gasteiger partial charge in [0.25, 0.3) is 0 Å². The highest BCUT2D eigenvalue weighted by Crippen LogP contribution is 2.55. The van der Waals surface area contributed by atoms with Crippen molar-refractivity contribution in [2.75, 3.05) is 89.0 Å². The zero-order valence-electron chi connectivity index (χ0n) is 41.5. The molecule has 0 spiro atoms. The number of likely N-dealkylation sites (N-methyl/N-ethyl adjacent to an activating group) is 2. The number of thiophene rings is 2. The van der Waals surface area contributed by atoms with E-state index in [-0.39, 0.29) is 18.7 Å². The van der Waals surface area contributed by atoms with Crippen LogP contribution in [0.2, 0.25) is 10.0 Å². The first-order chi connectivity index (χ1) is 33.4. The van der Waals surface area contributed by atoms with Crippen LogP contribution >= 0.6 is 60.6 Å². The normalized spacial score (nSPS) is 13.8. The van der Waals surface area contributed by atoms with Crippen molar-refractivity contribution in [3.8, 4) is 0 Å². The lowest BCUT2D eigenvalue weighted by atomic mass is 10.1. The van der Waals surface area contributed by atoms with Crippen molar-refractivity contribution in [2.45, 2.75) is 11.3 Å². The molecule has 0 aliphatic heterocycles. The monoisotopic (exact) mass is 1140 g/mol. The number of rotatable bonds is 14. The Morgan fingerprint density at radius 1 is 0.644 bits per heavy atom. The molecule has 7 N–H and O–H groups in total. The van der Waals surface area contributed by atoms with Crippen molar-refractivity contribution >= 4 is 105 Å². The number of hydrogen-bond donors (Lipinski definition) is 6. The zero-order valence-corrected chi connectivity index (χ0v) is 46.5. The molecule has 6 rings (SSSR count). The standard InChI is InChI=1S/2C19H15ClF2NO3PS.2C5H14NO.CH4O.H2O/c2*1-27(25,26)18(14-10-28-17-5-3-12(20)9-13(14)17)19(24)23-7-6-11-2-4-15(21)16(22)8-11;2*1-6(2,3)4-5-7;1-2;/h2*2-10,18H,1H3,(H,23,24)(H,25,26);2*7H,4-5H2,1-3H3;2H,1H3;1H2/q;;2*+1;;/p-2/b2*7-6+;;;;. The number of aliphatic hydroxyl groups is 3. The second-order valence-corrected chi connectivity index (χ2v) is 25.3. The topological polar surface area (TPSA) is 226 Å². The third-order valence-corrected chi connectivity index (χ3v) is 15.0. The number of aliphatic hydroxyl groups excluding tert-OH is 3. The quantitative estimate of drug-likeness (QED) is 0.0344. The summed E-state index contributed by atoms with van der Waals surface area (Å²) in [5, 5.41) is 34.0. The summed E-state index contributed by atoms with van der Waals surface area (Å²) in [7, 11) is 5.34. The second kappa shape index (κ2) is 30.3. The van der Waals surface area contributed by atoms with E-state index in [1.165, 1.54) is 59.4 Å². The van der Waals surface area contributed by atoms with Crippen LogP contribution in [0, 0.1) is 23.3 Å². The van der Waals surface area contributed by atoms with Crippen LogP contribution in [0.1, 0.15) is 33.6 Å². The Morgan fingerprint density at radius 3 is 1.30 bits per heavy atom. The number of quaternary nitrogens is 2. The van der Waals surface area contributed by atoms with E-state index in [1.54, 1.807) is 47.2 Å². The molecule has 0 aliphatic carbocycles. The highest BCUT2D eigenvalue weighted by molar-refractivity contribution is 7.58. The van der Waals surface area contributed by atoms with Crippen molar-refractivity contribution in [3.63, 3.8) is 0 Å². The van der Waals surface area contributed by atoms with E-state index in [2.05, 4.69) is 52.9 Å². The minimum absolute atomic E-state index is 0. The molecule has 0 bridgehead atoms. The van der Waals surface area contributed by atoms with Gasteiger partial charge in [0.2, 0.25) is 19.2 Å². The second-order valence-electron chi connectivity index (χ2n) is 17.8. The van der Waals surface area contributed by atoms with E-state index in [1.807, 2.05) is 0 Å². The Morgan fingerprint density at radius 2 is 1.00 bits per heavy atom. The Bertz CT molecular complexity index is 2710. The van der Waals surface area contributed by atoms with Crippen LogP contribution in [-0.2, 0) is 18.7 Å². The number of halogens is 6. The van der Waals surface area contributed by atoms with Gasteiger partial charge in [-0.05, 0) is 123 Å². The van der Waals surface area contributed by atoms with Gasteiger partial charge in [-0.15, -0.1) is 22.7 Å². The fraction of sp³-hybridized carbons (Fsp3) is 0.306. The molecule has 73 heavy (non-hydrogen) atoms. The van der Waals surface area contributed by atoms with E-state index in [9.17, 15) is 46.1 Å². The first-order valence-corrected chi connectivity index (χ1v) is 28.3. The molecule has 4 atom stereocenters. The van der Waals surface area contributed by atoms with Crippen molar-refractivity contribution < 1.29 is 75.8 Å².